The number of halogens is 3. The average molecular weight is 479 g/mol. The predicted molar refractivity (Wildman–Crippen MR) is 123 cm³/mol. The van der Waals surface area contributed by atoms with Crippen molar-refractivity contribution < 1.29 is 18.0 Å². The highest BCUT2D eigenvalue weighted by molar-refractivity contribution is 5.94. The van der Waals surface area contributed by atoms with E-state index in [1.54, 1.807) is 17.2 Å². The maximum absolute atomic E-state index is 13.1. The maximum Gasteiger partial charge on any atom is 0.401 e. The van der Waals surface area contributed by atoms with Crippen molar-refractivity contribution in [3.05, 3.63) is 24.0 Å². The van der Waals surface area contributed by atoms with E-state index in [1.807, 2.05) is 0 Å². The summed E-state index contributed by atoms with van der Waals surface area (Å²) in [5.74, 6) is 0.406. The second kappa shape index (κ2) is 9.24. The molecule has 12 heteroatoms. The van der Waals surface area contributed by atoms with Crippen LogP contribution in [0.1, 0.15) is 32.3 Å². The summed E-state index contributed by atoms with van der Waals surface area (Å²) in [5.41, 5.74) is 2.33. The minimum Gasteiger partial charge on any atom is -0.384 e. The van der Waals surface area contributed by atoms with Gasteiger partial charge in [0.25, 0.3) is 0 Å². The largest absolute Gasteiger partial charge is 0.401 e. The quantitative estimate of drug-likeness (QED) is 0.453. The third-order valence-electron chi connectivity index (χ3n) is 6.13. The molecule has 0 aromatic carbocycles. The Balaban J connectivity index is 1.48. The van der Waals surface area contributed by atoms with Crippen molar-refractivity contribution in [3.63, 3.8) is 0 Å². The van der Waals surface area contributed by atoms with Crippen LogP contribution in [0.2, 0.25) is 0 Å². The minimum absolute atomic E-state index is 0.171. The summed E-state index contributed by atoms with van der Waals surface area (Å²) >= 11 is 0. The van der Waals surface area contributed by atoms with Crippen LogP contribution in [0.3, 0.4) is 0 Å². The van der Waals surface area contributed by atoms with Gasteiger partial charge in [-0.1, -0.05) is 13.8 Å². The lowest BCUT2D eigenvalue weighted by atomic mass is 10.1. The van der Waals surface area contributed by atoms with Gasteiger partial charge in [-0.15, -0.1) is 0 Å². The van der Waals surface area contributed by atoms with Crippen molar-refractivity contribution >= 4 is 23.6 Å². The molecule has 9 nitrogen and oxygen atoms in total. The van der Waals surface area contributed by atoms with Gasteiger partial charge in [-0.05, 0) is 24.8 Å². The lowest BCUT2D eigenvalue weighted by Crippen LogP contribution is -2.59. The zero-order valence-corrected chi connectivity index (χ0v) is 19.2. The van der Waals surface area contributed by atoms with E-state index in [1.165, 1.54) is 17.3 Å². The van der Waals surface area contributed by atoms with Gasteiger partial charge in [0.1, 0.15) is 5.69 Å². The topological polar surface area (TPSA) is 113 Å². The summed E-state index contributed by atoms with van der Waals surface area (Å²) < 4.78 is 38.5. The second-order valence-electron chi connectivity index (χ2n) is 9.37. The lowest BCUT2D eigenvalue weighted by molar-refractivity contribution is -0.151. The molecule has 4 rings (SSSR count). The SMILES string of the molecule is CC(C)CNc1cc(-c2[nH]ncc2NC(=O)N2CCN(CC(F)(F)F)CC23CC3)ncc1C=N. The van der Waals surface area contributed by atoms with Crippen LogP contribution < -0.4 is 10.6 Å². The van der Waals surface area contributed by atoms with Crippen molar-refractivity contribution in [2.75, 3.05) is 43.4 Å². The number of aromatic nitrogens is 3. The number of hydrogen-bond acceptors (Lipinski definition) is 6. The Hall–Kier alpha value is -3.15. The Morgan fingerprint density at radius 3 is 2.71 bits per heavy atom. The first-order valence-electron chi connectivity index (χ1n) is 11.3. The molecule has 34 heavy (non-hydrogen) atoms. The molecule has 0 atom stereocenters. The number of nitrogens with zero attached hydrogens (tertiary/aromatic N) is 4. The van der Waals surface area contributed by atoms with Gasteiger partial charge in [0.05, 0.1) is 29.7 Å². The molecule has 2 aromatic heterocycles. The monoisotopic (exact) mass is 478 g/mol. The van der Waals surface area contributed by atoms with E-state index in [4.69, 9.17) is 5.41 Å². The van der Waals surface area contributed by atoms with Crippen LogP contribution in [0.15, 0.2) is 18.5 Å². The van der Waals surface area contributed by atoms with Gasteiger partial charge < -0.3 is 20.9 Å². The van der Waals surface area contributed by atoms with E-state index in [-0.39, 0.29) is 25.7 Å². The number of hydrogen-bond donors (Lipinski definition) is 4. The fraction of sp³-hybridized carbons (Fsp3) is 0.545. The minimum atomic E-state index is -4.25. The molecule has 1 aliphatic carbocycles. The van der Waals surface area contributed by atoms with Crippen LogP contribution in [-0.4, -0.2) is 81.7 Å². The summed E-state index contributed by atoms with van der Waals surface area (Å²) in [4.78, 5) is 20.5. The molecule has 2 aliphatic rings. The fourth-order valence-electron chi connectivity index (χ4n) is 4.28. The third-order valence-corrected chi connectivity index (χ3v) is 6.13. The Kier molecular flexibility index (Phi) is 6.52. The van der Waals surface area contributed by atoms with Crippen molar-refractivity contribution in [1.82, 2.24) is 25.0 Å². The smallest absolute Gasteiger partial charge is 0.384 e. The number of nitrogens with one attached hydrogen (secondary N) is 4. The number of carbonyl (C=O) groups excluding carboxylic acids is 1. The number of aromatic amines is 1. The molecule has 4 N–H and O–H groups in total. The highest BCUT2D eigenvalue weighted by Crippen LogP contribution is 2.45. The van der Waals surface area contributed by atoms with E-state index in [2.05, 4.69) is 39.7 Å². The first-order chi connectivity index (χ1) is 16.1. The van der Waals surface area contributed by atoms with E-state index in [9.17, 15) is 18.0 Å². The molecule has 0 bridgehead atoms. The summed E-state index contributed by atoms with van der Waals surface area (Å²) in [6.07, 6.45) is 1.41. The molecule has 2 fully saturated rings. The molecule has 2 aromatic rings. The van der Waals surface area contributed by atoms with Crippen molar-refractivity contribution in [3.8, 4) is 11.4 Å². The second-order valence-corrected chi connectivity index (χ2v) is 9.37. The number of urea groups is 1. The van der Waals surface area contributed by atoms with Gasteiger partial charge in [-0.2, -0.15) is 18.3 Å². The third kappa shape index (κ3) is 5.32. The van der Waals surface area contributed by atoms with E-state index >= 15 is 0 Å². The van der Waals surface area contributed by atoms with Crippen molar-refractivity contribution in [2.45, 2.75) is 38.4 Å². The normalized spacial score (nSPS) is 17.8. The van der Waals surface area contributed by atoms with Gasteiger partial charge in [0.2, 0.25) is 0 Å². The Bertz CT molecular complexity index is 1050. The molecule has 0 unspecified atom stereocenters. The highest BCUT2D eigenvalue weighted by atomic mass is 19.4. The fourth-order valence-corrected chi connectivity index (χ4v) is 4.28. The molecular weight excluding hydrogens is 449 g/mol. The van der Waals surface area contributed by atoms with Gasteiger partial charge in [-0.3, -0.25) is 15.0 Å². The summed E-state index contributed by atoms with van der Waals surface area (Å²) in [6, 6.07) is 1.44. The number of carbonyl (C=O) groups is 1. The van der Waals surface area contributed by atoms with E-state index < -0.39 is 18.3 Å². The van der Waals surface area contributed by atoms with Crippen LogP contribution in [0.4, 0.5) is 29.3 Å². The standard InChI is InChI=1S/C22H29F3N8O/c1-14(2)9-27-16-7-17(28-10-15(16)8-26)19-18(11-29-31-19)30-20(34)33-6-5-32(13-22(23,24)25)12-21(33)3-4-21/h7-8,10-11,14,26H,3-6,9,12-13H2,1-2H3,(H,27,28)(H,29,31)(H,30,34). The number of piperazine rings is 1. The van der Waals surface area contributed by atoms with E-state index in [0.717, 1.165) is 12.2 Å². The summed E-state index contributed by atoms with van der Waals surface area (Å²) in [6.45, 7) is 4.54. The van der Waals surface area contributed by atoms with Crippen molar-refractivity contribution in [2.24, 2.45) is 5.92 Å². The van der Waals surface area contributed by atoms with Crippen molar-refractivity contribution in [1.29, 1.82) is 5.41 Å². The van der Waals surface area contributed by atoms with Crippen LogP contribution in [0, 0.1) is 11.3 Å². The Morgan fingerprint density at radius 2 is 2.06 bits per heavy atom. The first kappa shape index (κ1) is 24.0. The van der Waals surface area contributed by atoms with Gasteiger partial charge in [0, 0.05) is 49.8 Å². The van der Waals surface area contributed by atoms with Gasteiger partial charge in [0.15, 0.2) is 0 Å². The zero-order valence-electron chi connectivity index (χ0n) is 19.2. The number of alkyl halides is 3. The predicted octanol–water partition coefficient (Wildman–Crippen LogP) is 3.78. The molecule has 2 amide bonds. The zero-order chi connectivity index (χ0) is 24.5. The number of H-pyrrole nitrogens is 1. The Labute approximate surface area is 195 Å². The van der Waals surface area contributed by atoms with E-state index in [0.29, 0.717) is 41.4 Å². The summed E-state index contributed by atoms with van der Waals surface area (Å²) in [7, 11) is 0. The van der Waals surface area contributed by atoms with Gasteiger partial charge >= 0.3 is 12.2 Å². The number of amides is 2. The maximum atomic E-state index is 13.1. The summed E-state index contributed by atoms with van der Waals surface area (Å²) in [5, 5.41) is 20.7. The molecule has 3 heterocycles. The van der Waals surface area contributed by atoms with Crippen LogP contribution in [-0.2, 0) is 0 Å². The molecular formula is C22H29F3N8O. The Morgan fingerprint density at radius 1 is 1.29 bits per heavy atom. The molecule has 1 saturated heterocycles. The number of rotatable bonds is 7. The lowest BCUT2D eigenvalue weighted by Gasteiger charge is -2.42. The van der Waals surface area contributed by atoms with Crippen LogP contribution in [0.5, 0.6) is 0 Å². The average Bonchev–Trinajstić information content (AvgIpc) is 3.35. The molecule has 1 saturated carbocycles. The number of pyridine rings is 1. The highest BCUT2D eigenvalue weighted by Gasteiger charge is 2.54. The number of anilines is 2. The molecule has 184 valence electrons. The molecule has 1 aliphatic heterocycles. The van der Waals surface area contributed by atoms with Crippen LogP contribution in [0.25, 0.3) is 11.4 Å². The van der Waals surface area contributed by atoms with Crippen LogP contribution >= 0.6 is 0 Å². The molecule has 0 radical (unpaired) electrons. The molecule has 1 spiro atoms. The first-order valence-corrected chi connectivity index (χ1v) is 11.3. The van der Waals surface area contributed by atoms with Gasteiger partial charge in [-0.25, -0.2) is 4.79 Å².